The summed E-state index contributed by atoms with van der Waals surface area (Å²) < 4.78 is 0. The summed E-state index contributed by atoms with van der Waals surface area (Å²) in [4.78, 5) is 14.9. The van der Waals surface area contributed by atoms with E-state index >= 15 is 0 Å². The molecule has 1 aromatic rings. The average molecular weight is 205 g/mol. The number of amides is 1. The molecular formula is C7H9ClN2OS. The Morgan fingerprint density at radius 2 is 2.67 bits per heavy atom. The Morgan fingerprint density at radius 1 is 1.92 bits per heavy atom. The Balaban J connectivity index is 2.49. The van der Waals surface area contributed by atoms with Crippen LogP contribution in [0.2, 0.25) is 0 Å². The number of nitrogens with zero attached hydrogens (tertiary/aromatic N) is 1. The maximum Gasteiger partial charge on any atom is 0.235 e. The van der Waals surface area contributed by atoms with Crippen LogP contribution < -0.4 is 5.32 Å². The number of alkyl halides is 1. The molecule has 66 valence electrons. The average Bonchev–Trinajstić information content (AvgIpc) is 2.56. The molecule has 3 nitrogen and oxygen atoms in total. The molecule has 0 spiro atoms. The summed E-state index contributed by atoms with van der Waals surface area (Å²) in [5, 5.41) is 5.48. The topological polar surface area (TPSA) is 42.0 Å². The smallest absolute Gasteiger partial charge is 0.235 e. The summed E-state index contributed by atoms with van der Waals surface area (Å²) in [5.74, 6) is -0.172. The predicted molar refractivity (Wildman–Crippen MR) is 49.4 cm³/mol. The van der Waals surface area contributed by atoms with Gasteiger partial charge in [-0.15, -0.1) is 22.9 Å². The van der Waals surface area contributed by atoms with Gasteiger partial charge in [0, 0.05) is 11.6 Å². The standard InChI is InChI=1S/C7H9ClN2OS/c1-5(10-6(11)4-8)7-9-2-3-12-7/h2-3,5H,4H2,1H3,(H,10,11)/t5-/m1/s1. The number of aromatic nitrogens is 1. The highest BCUT2D eigenvalue weighted by atomic mass is 35.5. The molecule has 1 N–H and O–H groups in total. The van der Waals surface area contributed by atoms with Crippen molar-refractivity contribution in [2.45, 2.75) is 13.0 Å². The van der Waals surface area contributed by atoms with Crippen LogP contribution in [0.25, 0.3) is 0 Å². The van der Waals surface area contributed by atoms with Gasteiger partial charge in [-0.3, -0.25) is 4.79 Å². The van der Waals surface area contributed by atoms with Crippen LogP contribution in [0.1, 0.15) is 18.0 Å². The molecular weight excluding hydrogens is 196 g/mol. The summed E-state index contributed by atoms with van der Waals surface area (Å²) >= 11 is 6.84. The fraction of sp³-hybridized carbons (Fsp3) is 0.429. The van der Waals surface area contributed by atoms with E-state index in [0.29, 0.717) is 0 Å². The number of thiazole rings is 1. The zero-order chi connectivity index (χ0) is 8.97. The highest BCUT2D eigenvalue weighted by Gasteiger charge is 2.09. The van der Waals surface area contributed by atoms with Crippen molar-refractivity contribution in [3.05, 3.63) is 16.6 Å². The quantitative estimate of drug-likeness (QED) is 0.760. The SMILES string of the molecule is C[C@@H](NC(=O)CCl)c1nccs1. The Hall–Kier alpha value is -0.610. The van der Waals surface area contributed by atoms with Crippen LogP contribution in [0, 0.1) is 0 Å². The number of hydrogen-bond acceptors (Lipinski definition) is 3. The van der Waals surface area contributed by atoms with Crippen molar-refractivity contribution in [2.75, 3.05) is 5.88 Å². The lowest BCUT2D eigenvalue weighted by Crippen LogP contribution is -2.27. The third-order valence-electron chi connectivity index (χ3n) is 1.32. The molecule has 0 saturated heterocycles. The van der Waals surface area contributed by atoms with E-state index in [1.807, 2.05) is 12.3 Å². The molecule has 0 unspecified atom stereocenters. The van der Waals surface area contributed by atoms with Crippen LogP contribution in [0.5, 0.6) is 0 Å². The fourth-order valence-corrected chi connectivity index (χ4v) is 1.51. The predicted octanol–water partition coefficient (Wildman–Crippen LogP) is 1.56. The first-order chi connectivity index (χ1) is 5.74. The minimum absolute atomic E-state index is 0.00425. The number of carbonyl (C=O) groups excluding carboxylic acids is 1. The van der Waals surface area contributed by atoms with E-state index in [-0.39, 0.29) is 17.8 Å². The number of carbonyl (C=O) groups is 1. The van der Waals surface area contributed by atoms with Gasteiger partial charge in [-0.2, -0.15) is 0 Å². The molecule has 0 saturated carbocycles. The number of rotatable bonds is 3. The highest BCUT2D eigenvalue weighted by Crippen LogP contribution is 2.14. The van der Waals surface area contributed by atoms with E-state index in [0.717, 1.165) is 5.01 Å². The second kappa shape index (κ2) is 4.42. The lowest BCUT2D eigenvalue weighted by Gasteiger charge is -2.08. The van der Waals surface area contributed by atoms with Crippen molar-refractivity contribution in [1.82, 2.24) is 10.3 Å². The third-order valence-corrected chi connectivity index (χ3v) is 2.52. The largest absolute Gasteiger partial charge is 0.346 e. The van der Waals surface area contributed by atoms with E-state index in [2.05, 4.69) is 10.3 Å². The van der Waals surface area contributed by atoms with Gasteiger partial charge in [-0.25, -0.2) is 4.98 Å². The van der Waals surface area contributed by atoms with Gasteiger partial charge < -0.3 is 5.32 Å². The van der Waals surface area contributed by atoms with E-state index < -0.39 is 0 Å². The highest BCUT2D eigenvalue weighted by molar-refractivity contribution is 7.09. The van der Waals surface area contributed by atoms with Gasteiger partial charge in [0.25, 0.3) is 0 Å². The molecule has 0 aliphatic heterocycles. The van der Waals surface area contributed by atoms with Crippen LogP contribution in [0.4, 0.5) is 0 Å². The van der Waals surface area contributed by atoms with Gasteiger partial charge in [0.1, 0.15) is 10.9 Å². The van der Waals surface area contributed by atoms with Crippen molar-refractivity contribution < 1.29 is 4.79 Å². The first-order valence-corrected chi connectivity index (χ1v) is 4.90. The van der Waals surface area contributed by atoms with Crippen LogP contribution in [-0.2, 0) is 4.79 Å². The summed E-state index contributed by atoms with van der Waals surface area (Å²) in [6, 6.07) is -0.0451. The molecule has 1 amide bonds. The van der Waals surface area contributed by atoms with Crippen LogP contribution in [0.3, 0.4) is 0 Å². The summed E-state index contributed by atoms with van der Waals surface area (Å²) in [6.45, 7) is 1.88. The molecule has 1 heterocycles. The molecule has 1 rings (SSSR count). The van der Waals surface area contributed by atoms with E-state index in [1.165, 1.54) is 11.3 Å². The molecule has 1 atom stereocenters. The lowest BCUT2D eigenvalue weighted by atomic mass is 10.3. The van der Waals surface area contributed by atoms with Gasteiger partial charge in [0.05, 0.1) is 6.04 Å². The van der Waals surface area contributed by atoms with E-state index in [9.17, 15) is 4.79 Å². The van der Waals surface area contributed by atoms with Crippen molar-refractivity contribution in [3.63, 3.8) is 0 Å². The number of nitrogens with one attached hydrogen (secondary N) is 1. The normalized spacial score (nSPS) is 12.5. The van der Waals surface area contributed by atoms with Crippen molar-refractivity contribution >= 4 is 28.8 Å². The number of halogens is 1. The molecule has 0 fully saturated rings. The van der Waals surface area contributed by atoms with Crippen molar-refractivity contribution in [2.24, 2.45) is 0 Å². The first-order valence-electron chi connectivity index (χ1n) is 3.48. The number of hydrogen-bond donors (Lipinski definition) is 1. The Bertz CT molecular complexity index is 250. The molecule has 5 heteroatoms. The van der Waals surface area contributed by atoms with Crippen LogP contribution in [-0.4, -0.2) is 16.8 Å². The van der Waals surface area contributed by atoms with Crippen molar-refractivity contribution in [1.29, 1.82) is 0 Å². The molecule has 0 bridgehead atoms. The molecule has 0 radical (unpaired) electrons. The monoisotopic (exact) mass is 204 g/mol. The molecule has 0 aliphatic carbocycles. The maximum absolute atomic E-state index is 10.9. The second-order valence-electron chi connectivity index (χ2n) is 2.29. The Kier molecular flexibility index (Phi) is 3.49. The van der Waals surface area contributed by atoms with Gasteiger partial charge in [0.2, 0.25) is 5.91 Å². The molecule has 12 heavy (non-hydrogen) atoms. The third kappa shape index (κ3) is 2.46. The van der Waals surface area contributed by atoms with Gasteiger partial charge in [0.15, 0.2) is 0 Å². The molecule has 0 aliphatic rings. The summed E-state index contributed by atoms with van der Waals surface area (Å²) in [5.41, 5.74) is 0. The minimum atomic E-state index is -0.167. The first kappa shape index (κ1) is 9.48. The van der Waals surface area contributed by atoms with Crippen LogP contribution in [0.15, 0.2) is 11.6 Å². The van der Waals surface area contributed by atoms with E-state index in [1.54, 1.807) is 6.20 Å². The van der Waals surface area contributed by atoms with Crippen molar-refractivity contribution in [3.8, 4) is 0 Å². The second-order valence-corrected chi connectivity index (χ2v) is 3.49. The maximum atomic E-state index is 10.9. The van der Waals surface area contributed by atoms with Gasteiger partial charge in [-0.05, 0) is 6.92 Å². The Morgan fingerprint density at radius 3 is 3.17 bits per heavy atom. The summed E-state index contributed by atoms with van der Waals surface area (Å²) in [7, 11) is 0. The fourth-order valence-electron chi connectivity index (χ4n) is 0.790. The van der Waals surface area contributed by atoms with Gasteiger partial charge >= 0.3 is 0 Å². The zero-order valence-electron chi connectivity index (χ0n) is 6.58. The zero-order valence-corrected chi connectivity index (χ0v) is 8.15. The van der Waals surface area contributed by atoms with E-state index in [4.69, 9.17) is 11.6 Å². The molecule has 1 aromatic heterocycles. The molecule has 0 aromatic carbocycles. The Labute approximate surface area is 79.8 Å². The minimum Gasteiger partial charge on any atom is -0.346 e. The summed E-state index contributed by atoms with van der Waals surface area (Å²) in [6.07, 6.45) is 1.71. The van der Waals surface area contributed by atoms with Crippen LogP contribution >= 0.6 is 22.9 Å². The lowest BCUT2D eigenvalue weighted by molar-refractivity contribution is -0.119. The van der Waals surface area contributed by atoms with Gasteiger partial charge in [-0.1, -0.05) is 0 Å².